The number of hydrogen-bond donors (Lipinski definition) is 4. The smallest absolute Gasteiger partial charge is 0.870 e. The van der Waals surface area contributed by atoms with Gasteiger partial charge in [-0.05, 0) is 0 Å². The van der Waals surface area contributed by atoms with Crippen LogP contribution in [0.1, 0.15) is 0 Å². The van der Waals surface area contributed by atoms with Crippen LogP contribution in [0.15, 0.2) is 0 Å². The summed E-state index contributed by atoms with van der Waals surface area (Å²) in [5, 5.41) is 0. The van der Waals surface area contributed by atoms with Crippen LogP contribution in [0.5, 0.6) is 0 Å². The fourth-order valence-electron chi connectivity index (χ4n) is 1.77. The van der Waals surface area contributed by atoms with Crippen LogP contribution in [0.3, 0.4) is 0 Å². The third-order valence-corrected chi connectivity index (χ3v) is 6.78. The van der Waals surface area contributed by atoms with Gasteiger partial charge in [0.15, 0.2) is 0 Å². The Morgan fingerprint density at radius 1 is 0.200 bits per heavy atom. The molecule has 0 aliphatic carbocycles. The minimum absolute atomic E-state index is 0. The van der Waals surface area contributed by atoms with Gasteiger partial charge in [-0.3, -0.25) is 19.6 Å². The van der Waals surface area contributed by atoms with Gasteiger partial charge in [-0.25, -0.2) is 9.80 Å². The van der Waals surface area contributed by atoms with Gasteiger partial charge in [0.2, 0.25) is 0 Å². The predicted octanol–water partition coefficient (Wildman–Crippen LogP) is -65.0. The third-order valence-electron chi connectivity index (χ3n) is 2.26. The standard InChI is InChI=1S/2C3H12NO9P3.16Na.17H2O/c2*5-14(6,7)1-4(2-15(8,9)10)3-16(11,12)13;;;;;;;;;;;;;;;;;;;;;;;;;;;;;;;;;/h2*1-3H2,(H2,5,6,7)(H2,8,9,10)(H2,11,12,13);;;;;;;;;;;;;;;;;17*1H2/q;;16*+1;;;;;;;;;;;;;;;;;/p-25. The summed E-state index contributed by atoms with van der Waals surface area (Å²) in [7, 11) is -30.4. The first kappa shape index (κ1) is 243. The summed E-state index contributed by atoms with van der Waals surface area (Å²) in [6.07, 6.45) is -8.34. The number of nitrogens with zero attached hydrogens (tertiary/aromatic N) is 2. The van der Waals surface area contributed by atoms with Crippen LogP contribution in [0.25, 0.3) is 0 Å². The summed E-state index contributed by atoms with van der Waals surface area (Å²) in [5.74, 6) is 0. The van der Waals surface area contributed by atoms with E-state index in [0.29, 0.717) is 0 Å². The second kappa shape index (κ2) is 123. The topological polar surface area (TPSA) is 920 Å². The molecule has 332 valence electrons. The van der Waals surface area contributed by atoms with E-state index in [0.717, 1.165) is 0 Å². The third kappa shape index (κ3) is 229. The Bertz CT molecular complexity index is 470. The molecular weight excluding hydrogens is 1210 g/mol. The average molecular weight is 1250 g/mol. The van der Waals surface area contributed by atoms with E-state index in [1.807, 2.05) is 0 Å². The van der Waals surface area contributed by atoms with Crippen molar-refractivity contribution in [3.8, 4) is 0 Å². The molecule has 0 heterocycles. The van der Waals surface area contributed by atoms with Crippen molar-refractivity contribution in [2.45, 2.75) is 0 Å². The molecule has 0 aromatic rings. The zero-order chi connectivity index (χ0) is 26.4. The maximum absolute atomic E-state index is 10.4. The molecule has 0 unspecified atom stereocenters. The monoisotopic (exact) mass is 1250 g/mol. The van der Waals surface area contributed by atoms with Crippen molar-refractivity contribution in [1.29, 1.82) is 0 Å². The number of rotatable bonds is 12. The molecule has 0 aromatic carbocycles. The van der Waals surface area contributed by atoms with Crippen molar-refractivity contribution in [3.63, 3.8) is 0 Å². The largest absolute Gasteiger partial charge is 1.00 e. The molecule has 0 radical (unpaired) electrons. The van der Waals surface area contributed by atoms with Gasteiger partial charge in [0.25, 0.3) is 0 Å². The first-order chi connectivity index (χ1) is 13.6. The van der Waals surface area contributed by atoms with E-state index in [1.54, 1.807) is 0 Å². The summed E-state index contributed by atoms with van der Waals surface area (Å²) in [6, 6.07) is 0. The molecule has 65 heavy (non-hydrogen) atoms. The van der Waals surface area contributed by atoms with Crippen LogP contribution in [0.2, 0.25) is 0 Å². The first-order valence-electron chi connectivity index (χ1n) is 7.15. The van der Waals surface area contributed by atoms with Gasteiger partial charge in [-0.1, -0.05) is 0 Å². The predicted molar refractivity (Wildman–Crippen MR) is 116 cm³/mol. The van der Waals surface area contributed by atoms with Crippen LogP contribution in [-0.4, -0.2) is 160 Å². The van der Waals surface area contributed by atoms with E-state index < -0.39 is 85.4 Å². The van der Waals surface area contributed by atoms with Gasteiger partial charge in [-0.15, -0.1) is 15.9 Å². The van der Waals surface area contributed by atoms with Gasteiger partial charge in [0.1, 0.15) is 37.7 Å². The Hall–Kier alpha value is 17.1. The van der Waals surface area contributed by atoms with Crippen LogP contribution < -0.4 is 541 Å². The van der Waals surface area contributed by atoms with E-state index >= 15 is 0 Å². The summed E-state index contributed by atoms with van der Waals surface area (Å²) in [4.78, 5) is 179. The zero-order valence-electron chi connectivity index (χ0n) is 38.9. The fraction of sp³-hybridized carbons (Fsp3) is 1.00. The molecule has 0 aliphatic rings. The molecule has 0 atom stereocenters. The SMILES string of the molecule is [Na+].[Na+].[Na+].[Na+].[Na+].[Na+].[Na+].[Na+].[Na+].[Na+].[Na+].[Na+].[Na+].[Na+].[Na+].[Na+].[O-][P+]([O-])([O-])CN(C[P+]([O-])([O-])O)C[P+]([O-])([O-])O.[O-][P+]([O-])([O-])CN(C[P+]([O-])([O-])O)C[P+]([O-])([O-])O.[OH-].[OH-].[OH-].[OH-].[OH-].[OH-].[OH-].[OH-].[OH-].[OH-].[OH-].[OH-].[OH-].[OH-].[OH-].[OH-].[OH-]. The van der Waals surface area contributed by atoms with Gasteiger partial charge in [-0.2, -0.15) is 0 Å². The zero-order valence-corrected chi connectivity index (χ0v) is 76.3. The second-order valence-electron chi connectivity index (χ2n) is 5.96. The molecule has 0 bridgehead atoms. The van der Waals surface area contributed by atoms with Crippen LogP contribution in [0, 0.1) is 0 Å². The molecule has 0 spiro atoms. The molecule has 0 amide bonds. The second-order valence-corrected chi connectivity index (χ2v) is 15.2. The van der Waals surface area contributed by atoms with Crippen molar-refractivity contribution in [1.82, 2.24) is 9.80 Å². The van der Waals surface area contributed by atoms with Crippen molar-refractivity contribution >= 4 is 47.7 Å². The molecule has 0 saturated carbocycles. The fourth-order valence-corrected chi connectivity index (χ4v) is 6.92. The summed E-state index contributed by atoms with van der Waals surface area (Å²) in [6.45, 7) is 0. The minimum atomic E-state index is -5.21. The Balaban J connectivity index is -0.00000000557. The maximum Gasteiger partial charge on any atom is 1.00 e. The molecule has 21 N–H and O–H groups in total. The van der Waals surface area contributed by atoms with Crippen molar-refractivity contribution in [2.75, 3.05) is 37.7 Å². The number of hydrogen-bond acceptors (Lipinski definition) is 37. The van der Waals surface area contributed by atoms with E-state index in [9.17, 15) is 68.5 Å². The van der Waals surface area contributed by atoms with Crippen LogP contribution in [0.4, 0.5) is 0 Å². The molecule has 59 heteroatoms. The van der Waals surface area contributed by atoms with Gasteiger partial charge in [0, 0.05) is 0 Å². The van der Waals surface area contributed by atoms with Gasteiger partial charge in [0.05, 0.1) is 31.8 Å². The van der Waals surface area contributed by atoms with Gasteiger partial charge < -0.3 is 162 Å². The van der Waals surface area contributed by atoms with Crippen LogP contribution >= 0.6 is 47.7 Å². The van der Waals surface area contributed by atoms with Crippen LogP contribution in [-0.2, 0) is 0 Å². The summed E-state index contributed by atoms with van der Waals surface area (Å²) in [5.41, 5.74) is 0. The van der Waals surface area contributed by atoms with Gasteiger partial charge >= 0.3 is 473 Å². The quantitative estimate of drug-likeness (QED) is 0.104. The average Bonchev–Trinajstić information content (AvgIpc) is 2.24. The minimum Gasteiger partial charge on any atom is -0.870 e. The Labute approximate surface area is 731 Å². The molecule has 0 saturated heterocycles. The molecule has 37 nitrogen and oxygen atoms in total. The van der Waals surface area contributed by atoms with E-state index in [1.165, 1.54) is 0 Å². The van der Waals surface area contributed by atoms with E-state index in [-0.39, 0.29) is 576 Å². The summed E-state index contributed by atoms with van der Waals surface area (Å²) < 4.78 is 0. The summed E-state index contributed by atoms with van der Waals surface area (Å²) >= 11 is 0. The Morgan fingerprint density at radius 2 is 0.277 bits per heavy atom. The molecule has 0 aliphatic heterocycles. The van der Waals surface area contributed by atoms with Crippen molar-refractivity contribution < 1.29 is 654 Å². The molecule has 0 aromatic heterocycles. The Kier molecular flexibility index (Phi) is 460. The molecule has 0 fully saturated rings. The maximum atomic E-state index is 10.4. The Morgan fingerprint density at radius 3 is 0.323 bits per heavy atom. The van der Waals surface area contributed by atoms with Crippen molar-refractivity contribution in [2.24, 2.45) is 0 Å². The molecule has 0 rings (SSSR count). The van der Waals surface area contributed by atoms with E-state index in [4.69, 9.17) is 19.6 Å². The van der Waals surface area contributed by atoms with Crippen molar-refractivity contribution in [3.05, 3.63) is 0 Å². The first-order valence-corrected chi connectivity index (χ1v) is 17.7. The van der Waals surface area contributed by atoms with E-state index in [2.05, 4.69) is 0 Å². The normalized spacial score (nSPS) is 7.20. The molecular formula is C6H33N2Na16O35P6-9.